The number of rotatable bonds is 8. The van der Waals surface area contributed by atoms with E-state index < -0.39 is 0 Å². The van der Waals surface area contributed by atoms with Gasteiger partial charge < -0.3 is 24.8 Å². The van der Waals surface area contributed by atoms with Gasteiger partial charge in [0.05, 0.1) is 21.3 Å². The number of guanidine groups is 1. The van der Waals surface area contributed by atoms with Crippen LogP contribution in [0.15, 0.2) is 17.1 Å². The van der Waals surface area contributed by atoms with Crippen LogP contribution in [0.3, 0.4) is 0 Å². The zero-order chi connectivity index (χ0) is 18.8. The first-order chi connectivity index (χ1) is 12.7. The molecule has 0 amide bonds. The predicted octanol–water partition coefficient (Wildman–Crippen LogP) is 3.76. The molecule has 0 aliphatic heterocycles. The maximum atomic E-state index is 5.55. The van der Waals surface area contributed by atoms with E-state index in [2.05, 4.69) is 17.6 Å². The highest BCUT2D eigenvalue weighted by molar-refractivity contribution is 14.0. The maximum absolute atomic E-state index is 5.55. The summed E-state index contributed by atoms with van der Waals surface area (Å²) in [6.45, 7) is 3.63. The average molecular weight is 491 g/mol. The van der Waals surface area contributed by atoms with Crippen molar-refractivity contribution >= 4 is 29.9 Å². The summed E-state index contributed by atoms with van der Waals surface area (Å²) < 4.78 is 16.3. The van der Waals surface area contributed by atoms with Crippen molar-refractivity contribution in [1.82, 2.24) is 10.6 Å². The Morgan fingerprint density at radius 2 is 1.74 bits per heavy atom. The largest absolute Gasteiger partial charge is 0.493 e. The Balaban J connectivity index is 0.00000364. The molecule has 0 bridgehead atoms. The first-order valence-electron chi connectivity index (χ1n) is 9.56. The van der Waals surface area contributed by atoms with Crippen molar-refractivity contribution in [1.29, 1.82) is 0 Å². The number of benzene rings is 1. The second kappa shape index (κ2) is 12.9. The molecule has 7 heteroatoms. The standard InChI is InChI=1S/C20H33N3O3.HI/c1-5-21-20(23-16-9-7-6-8-10-16)22-14-13-15-11-12-17(24-2)19(26-4)18(15)25-3;/h11-12,16H,5-10,13-14H2,1-4H3,(H2,21,22,23);1H. The molecule has 1 aliphatic carbocycles. The van der Waals surface area contributed by atoms with E-state index in [4.69, 9.17) is 19.2 Å². The van der Waals surface area contributed by atoms with Crippen LogP contribution in [-0.4, -0.2) is 46.4 Å². The van der Waals surface area contributed by atoms with Crippen LogP contribution >= 0.6 is 24.0 Å². The van der Waals surface area contributed by atoms with Crippen LogP contribution in [0.1, 0.15) is 44.6 Å². The van der Waals surface area contributed by atoms with Crippen LogP contribution in [0.5, 0.6) is 17.2 Å². The van der Waals surface area contributed by atoms with Gasteiger partial charge in [-0.15, -0.1) is 24.0 Å². The molecule has 0 unspecified atom stereocenters. The fraction of sp³-hybridized carbons (Fsp3) is 0.650. The lowest BCUT2D eigenvalue weighted by Crippen LogP contribution is -2.44. The summed E-state index contributed by atoms with van der Waals surface area (Å²) in [6.07, 6.45) is 7.19. The van der Waals surface area contributed by atoms with Gasteiger partial charge in [-0.2, -0.15) is 0 Å². The lowest BCUT2D eigenvalue weighted by atomic mass is 9.96. The van der Waals surface area contributed by atoms with Gasteiger partial charge >= 0.3 is 0 Å². The lowest BCUT2D eigenvalue weighted by molar-refractivity contribution is 0.322. The van der Waals surface area contributed by atoms with E-state index in [1.807, 2.05) is 12.1 Å². The van der Waals surface area contributed by atoms with Gasteiger partial charge in [-0.05, 0) is 32.3 Å². The quantitative estimate of drug-likeness (QED) is 0.330. The van der Waals surface area contributed by atoms with Crippen molar-refractivity contribution in [3.63, 3.8) is 0 Å². The minimum Gasteiger partial charge on any atom is -0.493 e. The average Bonchev–Trinajstić information content (AvgIpc) is 2.68. The highest BCUT2D eigenvalue weighted by atomic mass is 127. The molecule has 2 N–H and O–H groups in total. The third-order valence-corrected chi connectivity index (χ3v) is 4.73. The molecule has 0 radical (unpaired) electrons. The summed E-state index contributed by atoms with van der Waals surface area (Å²) >= 11 is 0. The number of nitrogens with one attached hydrogen (secondary N) is 2. The van der Waals surface area contributed by atoms with Crippen LogP contribution in [0, 0.1) is 0 Å². The molecule has 27 heavy (non-hydrogen) atoms. The van der Waals surface area contributed by atoms with E-state index >= 15 is 0 Å². The van der Waals surface area contributed by atoms with Gasteiger partial charge in [0, 0.05) is 24.7 Å². The number of nitrogens with zero attached hydrogens (tertiary/aromatic N) is 1. The van der Waals surface area contributed by atoms with Crippen molar-refractivity contribution in [3.05, 3.63) is 17.7 Å². The zero-order valence-electron chi connectivity index (χ0n) is 17.0. The van der Waals surface area contributed by atoms with Crippen LogP contribution in [0.25, 0.3) is 0 Å². The third kappa shape index (κ3) is 6.93. The topological polar surface area (TPSA) is 64.1 Å². The lowest BCUT2D eigenvalue weighted by Gasteiger charge is -2.25. The van der Waals surface area contributed by atoms with Gasteiger partial charge in [-0.3, -0.25) is 4.99 Å². The molecule has 6 nitrogen and oxygen atoms in total. The molecule has 2 rings (SSSR count). The Morgan fingerprint density at radius 1 is 1.04 bits per heavy atom. The Bertz CT molecular complexity index is 590. The van der Waals surface area contributed by atoms with E-state index in [1.165, 1.54) is 32.1 Å². The molecule has 154 valence electrons. The number of methoxy groups -OCH3 is 3. The highest BCUT2D eigenvalue weighted by Crippen LogP contribution is 2.39. The minimum atomic E-state index is 0. The number of ether oxygens (including phenoxy) is 3. The van der Waals surface area contributed by atoms with Gasteiger partial charge in [-0.25, -0.2) is 0 Å². The van der Waals surface area contributed by atoms with E-state index in [9.17, 15) is 0 Å². The van der Waals surface area contributed by atoms with Crippen LogP contribution in [0.4, 0.5) is 0 Å². The van der Waals surface area contributed by atoms with Crippen molar-refractivity contribution < 1.29 is 14.2 Å². The second-order valence-electron chi connectivity index (χ2n) is 6.48. The van der Waals surface area contributed by atoms with Crippen LogP contribution in [-0.2, 0) is 6.42 Å². The van der Waals surface area contributed by atoms with E-state index in [0.717, 1.165) is 24.5 Å². The Labute approximate surface area is 180 Å². The highest BCUT2D eigenvalue weighted by Gasteiger charge is 2.16. The smallest absolute Gasteiger partial charge is 0.203 e. The van der Waals surface area contributed by atoms with E-state index in [-0.39, 0.29) is 24.0 Å². The molecule has 1 aliphatic rings. The summed E-state index contributed by atoms with van der Waals surface area (Å²) in [6, 6.07) is 4.46. The molecule has 1 fully saturated rings. The molecule has 0 aromatic heterocycles. The van der Waals surface area contributed by atoms with Gasteiger partial charge in [-0.1, -0.05) is 25.3 Å². The molecule has 0 spiro atoms. The van der Waals surface area contributed by atoms with Gasteiger partial charge in [0.15, 0.2) is 17.5 Å². The Morgan fingerprint density at radius 3 is 2.33 bits per heavy atom. The van der Waals surface area contributed by atoms with Crippen molar-refractivity contribution in [3.8, 4) is 17.2 Å². The third-order valence-electron chi connectivity index (χ3n) is 4.73. The number of aliphatic imine (C=N–C) groups is 1. The molecule has 1 saturated carbocycles. The van der Waals surface area contributed by atoms with Crippen LogP contribution in [0.2, 0.25) is 0 Å². The molecular weight excluding hydrogens is 457 g/mol. The summed E-state index contributed by atoms with van der Waals surface area (Å²) in [4.78, 5) is 4.74. The number of hydrogen-bond acceptors (Lipinski definition) is 4. The number of halogens is 1. The zero-order valence-corrected chi connectivity index (χ0v) is 19.3. The summed E-state index contributed by atoms with van der Waals surface area (Å²) in [5, 5.41) is 6.92. The Hall–Kier alpha value is -1.38. The minimum absolute atomic E-state index is 0. The summed E-state index contributed by atoms with van der Waals surface area (Å²) in [7, 11) is 4.90. The maximum Gasteiger partial charge on any atom is 0.203 e. The van der Waals surface area contributed by atoms with Gasteiger partial charge in [0.25, 0.3) is 0 Å². The van der Waals surface area contributed by atoms with E-state index in [0.29, 0.717) is 29.8 Å². The predicted molar refractivity (Wildman–Crippen MR) is 121 cm³/mol. The number of hydrogen-bond donors (Lipinski definition) is 2. The fourth-order valence-corrected chi connectivity index (χ4v) is 3.41. The van der Waals surface area contributed by atoms with Crippen molar-refractivity contribution in [2.24, 2.45) is 4.99 Å². The SMILES string of the molecule is CCNC(=NCCc1ccc(OC)c(OC)c1OC)NC1CCCCC1.I. The van der Waals surface area contributed by atoms with Gasteiger partial charge in [0.2, 0.25) is 5.75 Å². The monoisotopic (exact) mass is 491 g/mol. The Kier molecular flexibility index (Phi) is 11.3. The molecule has 0 heterocycles. The summed E-state index contributed by atoms with van der Waals surface area (Å²) in [5.41, 5.74) is 1.06. The first kappa shape index (κ1) is 23.7. The molecular formula is C20H34IN3O3. The first-order valence-corrected chi connectivity index (χ1v) is 9.56. The normalized spacial score (nSPS) is 14.9. The molecule has 0 saturated heterocycles. The van der Waals surface area contributed by atoms with Crippen molar-refractivity contribution in [2.45, 2.75) is 51.5 Å². The van der Waals surface area contributed by atoms with Gasteiger partial charge in [0.1, 0.15) is 0 Å². The molecule has 0 atom stereocenters. The van der Waals surface area contributed by atoms with Crippen molar-refractivity contribution in [2.75, 3.05) is 34.4 Å². The van der Waals surface area contributed by atoms with Crippen LogP contribution < -0.4 is 24.8 Å². The fourth-order valence-electron chi connectivity index (χ4n) is 3.41. The second-order valence-corrected chi connectivity index (χ2v) is 6.48. The summed E-state index contributed by atoms with van der Waals surface area (Å²) in [5.74, 6) is 2.92. The molecule has 1 aromatic carbocycles. The molecule has 1 aromatic rings. The van der Waals surface area contributed by atoms with E-state index in [1.54, 1.807) is 21.3 Å².